The summed E-state index contributed by atoms with van der Waals surface area (Å²) in [6.07, 6.45) is 3.68. The van der Waals surface area contributed by atoms with Crippen molar-refractivity contribution in [3.05, 3.63) is 88.9 Å². The van der Waals surface area contributed by atoms with Crippen LogP contribution in [0.4, 0.5) is 0 Å². The van der Waals surface area contributed by atoms with Gasteiger partial charge in [0.1, 0.15) is 24.7 Å². The molecule has 0 radical (unpaired) electrons. The fourth-order valence-electron chi connectivity index (χ4n) is 9.50. The van der Waals surface area contributed by atoms with Crippen LogP contribution in [-0.4, -0.2) is 144 Å². The van der Waals surface area contributed by atoms with E-state index in [0.717, 1.165) is 66.3 Å². The second kappa shape index (κ2) is 30.1. The van der Waals surface area contributed by atoms with Gasteiger partial charge in [-0.1, -0.05) is 119 Å². The van der Waals surface area contributed by atoms with E-state index in [0.29, 0.717) is 39.6 Å². The van der Waals surface area contributed by atoms with Crippen LogP contribution in [0.5, 0.6) is 11.5 Å². The molecule has 3 saturated heterocycles. The van der Waals surface area contributed by atoms with Crippen LogP contribution >= 0.6 is 15.9 Å². The van der Waals surface area contributed by atoms with Crippen LogP contribution in [0.3, 0.4) is 0 Å². The lowest BCUT2D eigenvalue weighted by Crippen LogP contribution is -2.41. The molecule has 0 amide bonds. The van der Waals surface area contributed by atoms with Gasteiger partial charge in [0.2, 0.25) is 0 Å². The van der Waals surface area contributed by atoms with E-state index in [9.17, 15) is 0 Å². The van der Waals surface area contributed by atoms with Gasteiger partial charge in [0.05, 0.1) is 106 Å². The van der Waals surface area contributed by atoms with E-state index in [-0.39, 0.29) is 50.0 Å². The molecule has 26 heteroatoms. The number of aromatic nitrogens is 6. The molecule has 0 aliphatic carbocycles. The largest absolute Gasteiger partial charge is 0.495 e. The summed E-state index contributed by atoms with van der Waals surface area (Å²) in [5.74, 6) is 2.97. The Balaban J connectivity index is 0.000000251. The van der Waals surface area contributed by atoms with Gasteiger partial charge in [-0.3, -0.25) is 0 Å². The minimum Gasteiger partial charge on any atom is -0.490 e. The monoisotopic (exact) mass is 1500 g/mol. The third kappa shape index (κ3) is 19.5. The molecule has 6 aromatic rings. The summed E-state index contributed by atoms with van der Waals surface area (Å²) in [4.78, 5) is 9.82. The number of rotatable bonds is 20. The van der Waals surface area contributed by atoms with Crippen LogP contribution in [-0.2, 0) is 58.8 Å². The van der Waals surface area contributed by atoms with Crippen molar-refractivity contribution in [2.45, 2.75) is 293 Å². The van der Waals surface area contributed by atoms with Crippen LogP contribution in [0.2, 0.25) is 72.5 Å². The van der Waals surface area contributed by atoms with Crippen LogP contribution in [0, 0.1) is 0 Å². The van der Waals surface area contributed by atoms with E-state index >= 15 is 0 Å². The van der Waals surface area contributed by atoms with Crippen LogP contribution in [0.25, 0.3) is 33.4 Å². The van der Waals surface area contributed by atoms with Crippen LogP contribution in [0.1, 0.15) is 185 Å². The van der Waals surface area contributed by atoms with Crippen molar-refractivity contribution in [1.82, 2.24) is 29.5 Å². The number of ether oxygens (including phenoxy) is 2. The van der Waals surface area contributed by atoms with Crippen LogP contribution in [0.15, 0.2) is 77.5 Å². The molecule has 9 rings (SSSR count). The molecule has 4 aromatic heterocycles. The maximum absolute atomic E-state index is 6.47. The van der Waals surface area contributed by atoms with Gasteiger partial charge in [0.25, 0.3) is 0 Å². The summed E-state index contributed by atoms with van der Waals surface area (Å²) in [5, 5.41) is 11.8. The number of fused-ring (bicyclic) bond motifs is 2. The highest BCUT2D eigenvalue weighted by Crippen LogP contribution is 2.45. The predicted octanol–water partition coefficient (Wildman–Crippen LogP) is 18.6. The van der Waals surface area contributed by atoms with E-state index < -0.39 is 65.6 Å². The quantitative estimate of drug-likeness (QED) is 0.0521. The normalized spacial score (nSPS) is 18.5. The first-order chi connectivity index (χ1) is 44.4. The average molecular weight is 1500 g/mol. The third-order valence-electron chi connectivity index (χ3n) is 22.6. The van der Waals surface area contributed by atoms with Crippen molar-refractivity contribution >= 4 is 97.6 Å². The molecule has 0 N–H and O–H groups in total. The average Bonchev–Trinajstić information content (AvgIpc) is 1.60. The highest BCUT2D eigenvalue weighted by atomic mass is 79.9. The van der Waals surface area contributed by atoms with E-state index in [2.05, 4.69) is 190 Å². The standard InChI is InChI=1S/C33H54BN3O5Si2.C27H42BrN3O3Si2.C12H24B2O4.CH4/c1-30(2,3)43(11,12)39-19-18-38-28-21-24(34-41-32(7,8)33(9,10)42-34)20-27-26(28)22-35-37(27)29-17-15-16-25(36-29)23-40-44(13,14)31(4,5)6;1-26(2,3)35(7,8)33-15-14-32-24-17-20(28)16-23-22(24)18-29-31(23)25-13-11-12-21(30-25)19-34-36(9,10)27(4,5)6;1-9(2)10(3,4)16-13(15-9)14-17-11(5,6)12(7,8)18-14;/h15-17,20-22H,18-19,23H2,1-14H3;11-13,16-18H,14-15,19H2,1-10H3;1-8H3;1H4. The molecule has 3 aliphatic heterocycles. The summed E-state index contributed by atoms with van der Waals surface area (Å²) < 4.78 is 79.5. The maximum atomic E-state index is 6.47. The summed E-state index contributed by atoms with van der Waals surface area (Å²) in [6, 6.07) is 20.1. The van der Waals surface area contributed by atoms with Gasteiger partial charge in [-0.15, -0.1) is 0 Å². The fourth-order valence-corrected chi connectivity index (χ4v) is 13.9. The molecule has 0 unspecified atom stereocenters. The SMILES string of the molecule is C.CC(C)(C)[Si](C)(C)OCCOc1cc(Br)cc2c1cnn2-c1cccc(CO[Si](C)(C)C(C)(C)C)n1.CC1(C)OB(B2OC(C)(C)C(C)(C)O2)OC1(C)C.CC1(C)OB(c2cc(OCCO[Si](C)(C)C(C)(C)C)c3cnn(-c4cccc(CO[Si](C)(C)C(C)(C)C)n4)c3c2)OC1(C)C. The Bertz CT molecular complexity index is 3640. The van der Waals surface area contributed by atoms with E-state index in [1.165, 1.54) is 0 Å². The highest BCUT2D eigenvalue weighted by molar-refractivity contribution is 9.10. The molecule has 0 spiro atoms. The summed E-state index contributed by atoms with van der Waals surface area (Å²) >= 11 is 3.64. The van der Waals surface area contributed by atoms with Gasteiger partial charge in [-0.05, 0) is 210 Å². The third-order valence-corrected chi connectivity index (χ3v) is 41.1. The Kier molecular flexibility index (Phi) is 25.7. The fraction of sp³-hybridized carbons (Fsp3) is 0.671. The first-order valence-corrected chi connectivity index (χ1v) is 47.4. The number of pyridine rings is 2. The summed E-state index contributed by atoms with van der Waals surface area (Å²) in [5.41, 5.74) is 2.07. The topological polar surface area (TPSA) is 172 Å². The second-order valence-corrected chi connectivity index (χ2v) is 55.9. The Morgan fingerprint density at radius 1 is 0.424 bits per heavy atom. The van der Waals surface area contributed by atoms with Crippen molar-refractivity contribution in [3.63, 3.8) is 0 Å². The number of nitrogens with zero attached hydrogens (tertiary/aromatic N) is 6. The number of halogens is 1. The van der Waals surface area contributed by atoms with E-state index in [1.807, 2.05) is 132 Å². The van der Waals surface area contributed by atoms with Gasteiger partial charge < -0.3 is 55.1 Å². The molecule has 0 bridgehead atoms. The van der Waals surface area contributed by atoms with Crippen molar-refractivity contribution < 1.29 is 55.1 Å². The first kappa shape index (κ1) is 84.4. The van der Waals surface area contributed by atoms with Gasteiger partial charge in [0, 0.05) is 4.47 Å². The zero-order valence-corrected chi connectivity index (χ0v) is 71.4. The molecule has 99 heavy (non-hydrogen) atoms. The molecule has 3 fully saturated rings. The smallest absolute Gasteiger partial charge is 0.490 e. The van der Waals surface area contributed by atoms with Gasteiger partial charge in [-0.25, -0.2) is 19.3 Å². The molecule has 2 aromatic carbocycles. The zero-order chi connectivity index (χ0) is 73.9. The summed E-state index contributed by atoms with van der Waals surface area (Å²) in [7, 11) is -8.97. The molecule has 0 atom stereocenters. The number of hydrogen-bond acceptors (Lipinski definition) is 16. The predicted molar refractivity (Wildman–Crippen MR) is 421 cm³/mol. The van der Waals surface area contributed by atoms with Crippen molar-refractivity contribution in [3.8, 4) is 23.1 Å². The molecule has 7 heterocycles. The first-order valence-electron chi connectivity index (χ1n) is 34.9. The lowest BCUT2D eigenvalue weighted by molar-refractivity contribution is 0.00578. The number of hydrogen-bond donors (Lipinski definition) is 0. The lowest BCUT2D eigenvalue weighted by atomic mass is 9.49. The lowest BCUT2D eigenvalue weighted by Gasteiger charge is -2.36. The minimum atomic E-state index is -1.92. The van der Waals surface area contributed by atoms with Crippen molar-refractivity contribution in [2.75, 3.05) is 26.4 Å². The molecule has 3 aliphatic rings. The molecule has 18 nitrogen and oxygen atoms in total. The van der Waals surface area contributed by atoms with Crippen LogP contribution < -0.4 is 14.9 Å². The molecular formula is C73H124B3BrN6O12Si4. The molecule has 0 saturated carbocycles. The van der Waals surface area contributed by atoms with E-state index in [1.54, 1.807) is 0 Å². The Labute approximate surface area is 609 Å². The zero-order valence-electron chi connectivity index (χ0n) is 65.9. The molecular weight excluding hydrogens is 1380 g/mol. The maximum Gasteiger partial charge on any atom is 0.495 e. The molecule has 550 valence electrons. The van der Waals surface area contributed by atoms with Gasteiger partial charge in [-0.2, -0.15) is 10.2 Å². The number of benzene rings is 2. The Morgan fingerprint density at radius 2 is 0.737 bits per heavy atom. The van der Waals surface area contributed by atoms with Gasteiger partial charge >= 0.3 is 21.1 Å². The second-order valence-electron chi connectivity index (χ2n) is 35.7. The highest BCUT2D eigenvalue weighted by Gasteiger charge is 2.64. The Hall–Kier alpha value is -3.58. The van der Waals surface area contributed by atoms with Gasteiger partial charge in [0.15, 0.2) is 44.9 Å². The van der Waals surface area contributed by atoms with E-state index in [4.69, 9.17) is 70.2 Å². The summed E-state index contributed by atoms with van der Waals surface area (Å²) in [6.45, 7) is 72.4. The minimum absolute atomic E-state index is 0. The van der Waals surface area contributed by atoms with Crippen molar-refractivity contribution in [1.29, 1.82) is 0 Å². The Morgan fingerprint density at radius 3 is 1.08 bits per heavy atom. The van der Waals surface area contributed by atoms with Crippen molar-refractivity contribution in [2.24, 2.45) is 0 Å².